The van der Waals surface area contributed by atoms with Crippen molar-refractivity contribution in [3.05, 3.63) is 12.2 Å². The Morgan fingerprint density at radius 1 is 0.667 bits per heavy atom. The van der Waals surface area contributed by atoms with E-state index in [0.29, 0.717) is 23.2 Å². The minimum Gasteiger partial charge on any atom is -0.394 e. The van der Waals surface area contributed by atoms with E-state index in [0.717, 1.165) is 38.5 Å². The summed E-state index contributed by atoms with van der Waals surface area (Å²) in [7, 11) is 0. The van der Waals surface area contributed by atoms with Crippen LogP contribution in [-0.4, -0.2) is 158 Å². The SMILES string of the molecule is C=C1C[C@@]23CC[C@@H]4[C@](C)(CO[C@@H]5O[C@H](CO)[C@@H](O)[C@H](O[C@@H]6O[C@H](CO)[C@@H](O)[C@H](O)[C@H]6O)[C@H]5O[C@@H]5O[C@H](CC)[C@@H](O)[C@H](O)[C@H]5O)CCC[C@@]4(C)[C@@H]2CC[C@@H]1C3. The van der Waals surface area contributed by atoms with Gasteiger partial charge in [0.25, 0.3) is 0 Å². The summed E-state index contributed by atoms with van der Waals surface area (Å²) in [4.78, 5) is 0. The maximum Gasteiger partial charge on any atom is 0.187 e. The molecule has 4 aliphatic carbocycles. The van der Waals surface area contributed by atoms with Gasteiger partial charge in [0, 0.05) is 0 Å². The first kappa shape index (κ1) is 41.3. The zero-order chi connectivity index (χ0) is 38.9. The van der Waals surface area contributed by atoms with Crippen LogP contribution in [0.3, 0.4) is 0 Å². The Morgan fingerprint density at radius 2 is 1.26 bits per heavy atom. The molecule has 15 nitrogen and oxygen atoms in total. The first-order valence-corrected chi connectivity index (χ1v) is 20.2. The lowest BCUT2D eigenvalue weighted by molar-refractivity contribution is -0.393. The molecule has 0 amide bonds. The number of fused-ring (bicyclic) bond motifs is 3. The molecule has 0 unspecified atom stereocenters. The standard InChI is InChI=1S/C39H64O15/c1-5-20-25(42)28(45)30(47)34(50-20)54-33-32(53-35-31(48)29(46)26(43)21(15-40)51-35)27(44)22(16-41)52-36(33)49-17-37(3)10-6-11-38(4)23(37)9-12-39-13-18(2)19(14-39)7-8-24(38)39/h19-36,40-48H,2,5-17H2,1,3-4H3/t19-,20-,21-,22-,23-,24+,25-,26-,27-,28+,29+,30-,31-,32+,33-,34+,35+,36-,37+,38-,39-/m1/s1. The van der Waals surface area contributed by atoms with Gasteiger partial charge in [-0.3, -0.25) is 0 Å². The Labute approximate surface area is 317 Å². The lowest BCUT2D eigenvalue weighted by Crippen LogP contribution is -2.67. The highest BCUT2D eigenvalue weighted by molar-refractivity contribution is 5.22. The number of rotatable bonds is 10. The number of hydrogen-bond donors (Lipinski definition) is 9. The van der Waals surface area contributed by atoms with Crippen LogP contribution in [-0.2, 0) is 28.4 Å². The summed E-state index contributed by atoms with van der Waals surface area (Å²) in [5, 5.41) is 95.8. The summed E-state index contributed by atoms with van der Waals surface area (Å²) in [6.45, 7) is 9.76. The molecular formula is C39H64O15. The highest BCUT2D eigenvalue weighted by Gasteiger charge is 2.64. The topological polar surface area (TPSA) is 237 Å². The molecule has 310 valence electrons. The highest BCUT2D eigenvalue weighted by Crippen LogP contribution is 2.72. The lowest BCUT2D eigenvalue weighted by atomic mass is 9.41. The van der Waals surface area contributed by atoms with Gasteiger partial charge in [-0.15, -0.1) is 0 Å². The number of allylic oxidation sites excluding steroid dienone is 1. The Balaban J connectivity index is 1.17. The summed E-state index contributed by atoms with van der Waals surface area (Å²) in [5.41, 5.74) is 1.53. The predicted molar refractivity (Wildman–Crippen MR) is 188 cm³/mol. The van der Waals surface area contributed by atoms with Crippen molar-refractivity contribution in [2.45, 2.75) is 177 Å². The van der Waals surface area contributed by atoms with Crippen LogP contribution in [0, 0.1) is 34.0 Å². The average Bonchev–Trinajstić information content (AvgIpc) is 3.38. The Kier molecular flexibility index (Phi) is 12.0. The second kappa shape index (κ2) is 15.7. The van der Waals surface area contributed by atoms with Crippen molar-refractivity contribution in [1.82, 2.24) is 0 Å². The van der Waals surface area contributed by atoms with Crippen LogP contribution in [0.1, 0.15) is 85.0 Å². The fraction of sp³-hybridized carbons (Fsp3) is 0.949. The molecule has 0 aromatic heterocycles. The van der Waals surface area contributed by atoms with Gasteiger partial charge in [-0.2, -0.15) is 0 Å². The van der Waals surface area contributed by atoms with Crippen LogP contribution in [0.5, 0.6) is 0 Å². The third kappa shape index (κ3) is 6.94. The Bertz CT molecular complexity index is 1320. The van der Waals surface area contributed by atoms with E-state index in [1.165, 1.54) is 24.8 Å². The summed E-state index contributed by atoms with van der Waals surface area (Å²) >= 11 is 0. The summed E-state index contributed by atoms with van der Waals surface area (Å²) in [6.07, 6.45) is -12.5. The molecule has 4 saturated carbocycles. The summed E-state index contributed by atoms with van der Waals surface area (Å²) in [6, 6.07) is 0. The quantitative estimate of drug-likeness (QED) is 0.131. The van der Waals surface area contributed by atoms with Crippen molar-refractivity contribution >= 4 is 0 Å². The van der Waals surface area contributed by atoms with E-state index in [2.05, 4.69) is 20.4 Å². The molecule has 21 atom stereocenters. The van der Waals surface area contributed by atoms with Crippen LogP contribution >= 0.6 is 0 Å². The molecule has 0 radical (unpaired) electrons. The van der Waals surface area contributed by atoms with Gasteiger partial charge in [0.1, 0.15) is 67.1 Å². The van der Waals surface area contributed by atoms with E-state index in [9.17, 15) is 46.0 Å². The van der Waals surface area contributed by atoms with Gasteiger partial charge in [0.2, 0.25) is 0 Å². The molecule has 54 heavy (non-hydrogen) atoms. The molecule has 9 N–H and O–H groups in total. The second-order valence-electron chi connectivity index (χ2n) is 18.2. The first-order valence-electron chi connectivity index (χ1n) is 20.2. The normalized spacial score (nSPS) is 54.9. The number of aliphatic hydroxyl groups excluding tert-OH is 9. The van der Waals surface area contributed by atoms with Gasteiger partial charge in [0.15, 0.2) is 18.9 Å². The van der Waals surface area contributed by atoms with Crippen LogP contribution in [0.25, 0.3) is 0 Å². The van der Waals surface area contributed by atoms with Crippen molar-refractivity contribution in [3.63, 3.8) is 0 Å². The van der Waals surface area contributed by atoms with Crippen molar-refractivity contribution in [3.8, 4) is 0 Å². The maximum atomic E-state index is 11.6. The van der Waals surface area contributed by atoms with Gasteiger partial charge >= 0.3 is 0 Å². The third-order valence-electron chi connectivity index (χ3n) is 15.1. The Morgan fingerprint density at radius 3 is 1.91 bits per heavy atom. The van der Waals surface area contributed by atoms with Crippen molar-refractivity contribution in [1.29, 1.82) is 0 Å². The van der Waals surface area contributed by atoms with E-state index in [4.69, 9.17) is 28.4 Å². The molecule has 1 spiro atoms. The van der Waals surface area contributed by atoms with E-state index in [1.807, 2.05) is 0 Å². The van der Waals surface area contributed by atoms with E-state index in [1.54, 1.807) is 6.92 Å². The molecule has 0 aromatic rings. The number of ether oxygens (including phenoxy) is 6. The lowest BCUT2D eigenvalue weighted by Gasteiger charge is -2.64. The van der Waals surface area contributed by atoms with E-state index >= 15 is 0 Å². The molecule has 0 aromatic carbocycles. The molecule has 7 fully saturated rings. The van der Waals surface area contributed by atoms with Crippen LogP contribution in [0.2, 0.25) is 0 Å². The first-order chi connectivity index (χ1) is 25.6. The van der Waals surface area contributed by atoms with Gasteiger partial charge in [-0.1, -0.05) is 39.3 Å². The third-order valence-corrected chi connectivity index (χ3v) is 15.1. The molecule has 3 aliphatic heterocycles. The molecule has 7 aliphatic rings. The maximum absolute atomic E-state index is 11.6. The van der Waals surface area contributed by atoms with Crippen molar-refractivity contribution in [2.75, 3.05) is 19.8 Å². The minimum absolute atomic E-state index is 0.0955. The van der Waals surface area contributed by atoms with Gasteiger partial charge in [-0.25, -0.2) is 0 Å². The van der Waals surface area contributed by atoms with Crippen LogP contribution in [0.15, 0.2) is 12.2 Å². The van der Waals surface area contributed by atoms with Gasteiger partial charge < -0.3 is 74.4 Å². The highest BCUT2D eigenvalue weighted by atomic mass is 16.8. The molecule has 3 heterocycles. The van der Waals surface area contributed by atoms with Crippen molar-refractivity contribution in [2.24, 2.45) is 34.0 Å². The zero-order valence-corrected chi connectivity index (χ0v) is 31.8. The van der Waals surface area contributed by atoms with Gasteiger partial charge in [0.05, 0.1) is 25.9 Å². The smallest absolute Gasteiger partial charge is 0.187 e. The zero-order valence-electron chi connectivity index (χ0n) is 31.8. The molecule has 2 bridgehead atoms. The van der Waals surface area contributed by atoms with Crippen molar-refractivity contribution < 1.29 is 74.4 Å². The van der Waals surface area contributed by atoms with E-state index in [-0.39, 0.29) is 23.9 Å². The number of hydrogen-bond acceptors (Lipinski definition) is 15. The Hall–Kier alpha value is -0.860. The van der Waals surface area contributed by atoms with Gasteiger partial charge in [-0.05, 0) is 91.8 Å². The van der Waals surface area contributed by atoms with Crippen LogP contribution < -0.4 is 0 Å². The predicted octanol–water partition coefficient (Wildman–Crippen LogP) is -0.162. The molecule has 7 rings (SSSR count). The second-order valence-corrected chi connectivity index (χ2v) is 18.2. The average molecular weight is 773 g/mol. The minimum atomic E-state index is -1.83. The molecule has 15 heteroatoms. The molecular weight excluding hydrogens is 708 g/mol. The van der Waals surface area contributed by atoms with E-state index < -0.39 is 105 Å². The fourth-order valence-electron chi connectivity index (χ4n) is 12.3. The fourth-order valence-corrected chi connectivity index (χ4v) is 12.3. The monoisotopic (exact) mass is 772 g/mol. The van der Waals surface area contributed by atoms with Crippen LogP contribution in [0.4, 0.5) is 0 Å². The molecule has 3 saturated heterocycles. The summed E-state index contributed by atoms with van der Waals surface area (Å²) in [5.74, 6) is 1.56. The number of aliphatic hydroxyl groups is 9. The summed E-state index contributed by atoms with van der Waals surface area (Å²) < 4.78 is 36.8. The largest absolute Gasteiger partial charge is 0.394 e.